The first kappa shape index (κ1) is 30.0. The number of rotatable bonds is 13. The Morgan fingerprint density at radius 3 is 2.40 bits per heavy atom. The number of aliphatic imine (C=N–C) groups is 1. The molecule has 228 valence electrons. The van der Waals surface area contributed by atoms with Crippen molar-refractivity contribution in [1.82, 2.24) is 14.5 Å². The second kappa shape index (κ2) is 14.1. The van der Waals surface area contributed by atoms with Crippen molar-refractivity contribution < 1.29 is 28.5 Å². The molecule has 0 spiro atoms. The van der Waals surface area contributed by atoms with Crippen molar-refractivity contribution in [3.05, 3.63) is 60.4 Å². The van der Waals surface area contributed by atoms with Crippen LogP contribution in [0.1, 0.15) is 45.1 Å². The van der Waals surface area contributed by atoms with E-state index < -0.39 is 5.97 Å². The van der Waals surface area contributed by atoms with Gasteiger partial charge in [0, 0.05) is 44.5 Å². The summed E-state index contributed by atoms with van der Waals surface area (Å²) in [7, 11) is 1.48. The maximum Gasteiger partial charge on any atom is 0.303 e. The first-order valence-electron chi connectivity index (χ1n) is 14.7. The monoisotopic (exact) mass is 589 g/mol. The summed E-state index contributed by atoms with van der Waals surface area (Å²) in [6, 6.07) is 14.4. The van der Waals surface area contributed by atoms with Crippen molar-refractivity contribution in [2.45, 2.75) is 52.1 Å². The first-order chi connectivity index (χ1) is 21.0. The third-order valence-corrected chi connectivity index (χ3v) is 7.31. The number of aliphatic carboxylic acids is 1. The highest BCUT2D eigenvalue weighted by Gasteiger charge is 2.23. The van der Waals surface area contributed by atoms with Crippen molar-refractivity contribution in [1.29, 1.82) is 0 Å². The molecule has 0 aliphatic carbocycles. The average Bonchev–Trinajstić information content (AvgIpc) is 3.67. The number of carboxylic acids is 1. The van der Waals surface area contributed by atoms with Crippen LogP contribution in [-0.2, 0) is 16.1 Å². The second-order valence-corrected chi connectivity index (χ2v) is 10.3. The molecule has 11 nitrogen and oxygen atoms in total. The smallest absolute Gasteiger partial charge is 0.303 e. The quantitative estimate of drug-likeness (QED) is 0.142. The summed E-state index contributed by atoms with van der Waals surface area (Å²) in [4.78, 5) is 22.6. The molecular weight excluding hydrogens is 550 g/mol. The van der Waals surface area contributed by atoms with Crippen LogP contribution < -0.4 is 14.8 Å². The van der Waals surface area contributed by atoms with Crippen molar-refractivity contribution in [2.24, 2.45) is 4.99 Å². The minimum Gasteiger partial charge on any atom is -0.492 e. The van der Waals surface area contributed by atoms with Gasteiger partial charge >= 0.3 is 5.97 Å². The highest BCUT2D eigenvalue weighted by molar-refractivity contribution is 5.91. The maximum absolute atomic E-state index is 11.0. The predicted octanol–water partition coefficient (Wildman–Crippen LogP) is 6.03. The van der Waals surface area contributed by atoms with E-state index >= 15 is 0 Å². The zero-order valence-electron chi connectivity index (χ0n) is 24.9. The largest absolute Gasteiger partial charge is 0.492 e. The Labute approximate surface area is 251 Å². The van der Waals surface area contributed by atoms with E-state index in [1.54, 1.807) is 0 Å². The number of methoxy groups -OCH3 is 1. The molecule has 0 bridgehead atoms. The molecule has 0 atom stereocenters. The number of fused-ring (bicyclic) bond motifs is 1. The van der Waals surface area contributed by atoms with Crippen LogP contribution in [0.3, 0.4) is 0 Å². The molecule has 3 heterocycles. The zero-order valence-corrected chi connectivity index (χ0v) is 24.9. The fraction of sp³-hybridized carbons (Fsp3) is 0.406. The number of carboxylic acid groups (broad SMARTS) is 1. The van der Waals surface area contributed by atoms with Crippen LogP contribution in [0.15, 0.2) is 64.3 Å². The molecule has 2 N–H and O–H groups in total. The fourth-order valence-corrected chi connectivity index (χ4v) is 5.30. The Kier molecular flexibility index (Phi) is 9.83. The third-order valence-electron chi connectivity index (χ3n) is 7.31. The Hall–Kier alpha value is -4.51. The molecule has 1 aliphatic rings. The van der Waals surface area contributed by atoms with Gasteiger partial charge in [-0.1, -0.05) is 6.07 Å². The molecule has 5 rings (SSSR count). The van der Waals surface area contributed by atoms with Gasteiger partial charge in [-0.3, -0.25) is 9.69 Å². The Bertz CT molecular complexity index is 1510. The summed E-state index contributed by atoms with van der Waals surface area (Å²) in [6.45, 7) is 7.77. The summed E-state index contributed by atoms with van der Waals surface area (Å²) in [5.41, 5.74) is 3.86. The number of benzene rings is 2. The van der Waals surface area contributed by atoms with Gasteiger partial charge in [0.15, 0.2) is 11.5 Å². The number of anilines is 1. The Morgan fingerprint density at radius 1 is 1.07 bits per heavy atom. The van der Waals surface area contributed by atoms with Crippen LogP contribution in [0.5, 0.6) is 11.5 Å². The predicted molar refractivity (Wildman–Crippen MR) is 165 cm³/mol. The summed E-state index contributed by atoms with van der Waals surface area (Å²) in [5.74, 6) is 1.06. The van der Waals surface area contributed by atoms with E-state index in [4.69, 9.17) is 23.7 Å². The molecule has 2 aromatic heterocycles. The second-order valence-electron chi connectivity index (χ2n) is 10.3. The molecule has 43 heavy (non-hydrogen) atoms. The van der Waals surface area contributed by atoms with Crippen LogP contribution in [-0.4, -0.2) is 70.9 Å². The minimum absolute atomic E-state index is 0.0621. The van der Waals surface area contributed by atoms with E-state index in [0.29, 0.717) is 41.9 Å². The van der Waals surface area contributed by atoms with Crippen LogP contribution in [0.4, 0.5) is 11.7 Å². The minimum atomic E-state index is -0.904. The van der Waals surface area contributed by atoms with Gasteiger partial charge in [0.05, 0.1) is 32.4 Å². The van der Waals surface area contributed by atoms with E-state index in [9.17, 15) is 4.79 Å². The van der Waals surface area contributed by atoms with Gasteiger partial charge in [-0.2, -0.15) is 4.98 Å². The highest BCUT2D eigenvalue weighted by atomic mass is 16.5. The molecule has 4 aromatic rings. The van der Waals surface area contributed by atoms with E-state index in [2.05, 4.69) is 32.3 Å². The topological polar surface area (TPSA) is 124 Å². The molecular formula is C32H39N5O6. The molecule has 1 saturated heterocycles. The Balaban J connectivity index is 1.24. The van der Waals surface area contributed by atoms with Gasteiger partial charge in [-0.05, 0) is 68.7 Å². The van der Waals surface area contributed by atoms with E-state index in [0.717, 1.165) is 55.2 Å². The maximum atomic E-state index is 11.0. The van der Waals surface area contributed by atoms with Gasteiger partial charge in [0.1, 0.15) is 22.7 Å². The molecule has 0 radical (unpaired) electrons. The van der Waals surface area contributed by atoms with Crippen LogP contribution in [0.2, 0.25) is 0 Å². The van der Waals surface area contributed by atoms with Crippen LogP contribution >= 0.6 is 0 Å². The van der Waals surface area contributed by atoms with Crippen molar-refractivity contribution in [2.75, 3.05) is 38.7 Å². The number of para-hydroxylation sites is 1. The van der Waals surface area contributed by atoms with Crippen LogP contribution in [0.25, 0.3) is 16.8 Å². The highest BCUT2D eigenvalue weighted by Crippen LogP contribution is 2.36. The number of aromatic nitrogens is 2. The number of piperidine rings is 1. The lowest BCUT2D eigenvalue weighted by Crippen LogP contribution is -2.38. The number of ether oxygens (including phenoxy) is 3. The molecule has 1 fully saturated rings. The molecule has 0 amide bonds. The van der Waals surface area contributed by atoms with E-state index in [1.807, 2.05) is 61.1 Å². The van der Waals surface area contributed by atoms with Crippen LogP contribution in [0, 0.1) is 0 Å². The third kappa shape index (κ3) is 7.47. The summed E-state index contributed by atoms with van der Waals surface area (Å²) in [6.07, 6.45) is 6.01. The first-order valence-corrected chi connectivity index (χ1v) is 14.7. The Morgan fingerprint density at radius 2 is 1.77 bits per heavy atom. The number of likely N-dealkylation sites (tertiary alicyclic amines) is 1. The molecule has 1 aliphatic heterocycles. The summed E-state index contributed by atoms with van der Waals surface area (Å²) in [5, 5.41) is 12.4. The molecule has 11 heteroatoms. The molecule has 0 unspecified atom stereocenters. The SMILES string of the molecule is CCOc1cc(CN2CCC(Nc3nc4c(N=C(CCC(=O)O)OC)cccc4o3)CC2)cc(OCC)c1-n1cccc1. The van der Waals surface area contributed by atoms with Gasteiger partial charge in [0.25, 0.3) is 6.01 Å². The summed E-state index contributed by atoms with van der Waals surface area (Å²) >= 11 is 0. The van der Waals surface area contributed by atoms with Crippen molar-refractivity contribution in [3.63, 3.8) is 0 Å². The number of oxazole rings is 1. The van der Waals surface area contributed by atoms with Crippen molar-refractivity contribution in [3.8, 4) is 17.2 Å². The average molecular weight is 590 g/mol. The lowest BCUT2D eigenvalue weighted by atomic mass is 10.0. The lowest BCUT2D eigenvalue weighted by molar-refractivity contribution is -0.136. The normalized spacial score (nSPS) is 14.6. The molecule has 0 saturated carbocycles. The van der Waals surface area contributed by atoms with E-state index in [1.165, 1.54) is 7.11 Å². The summed E-state index contributed by atoms with van der Waals surface area (Å²) < 4.78 is 25.4. The zero-order chi connectivity index (χ0) is 30.2. The molecule has 2 aromatic carbocycles. The van der Waals surface area contributed by atoms with Gasteiger partial charge in [-0.15, -0.1) is 0 Å². The number of carbonyl (C=O) groups is 1. The van der Waals surface area contributed by atoms with Gasteiger partial charge in [0.2, 0.25) is 0 Å². The van der Waals surface area contributed by atoms with Crippen molar-refractivity contribution >= 4 is 34.7 Å². The van der Waals surface area contributed by atoms with E-state index in [-0.39, 0.29) is 18.9 Å². The fourth-order valence-electron chi connectivity index (χ4n) is 5.30. The number of hydrogen-bond acceptors (Lipinski definition) is 9. The number of nitrogens with one attached hydrogen (secondary N) is 1. The van der Waals surface area contributed by atoms with Gasteiger partial charge < -0.3 is 33.6 Å². The number of hydrogen-bond donors (Lipinski definition) is 2. The lowest BCUT2D eigenvalue weighted by Gasteiger charge is -2.32. The van der Waals surface area contributed by atoms with Gasteiger partial charge in [-0.25, -0.2) is 4.99 Å². The number of nitrogens with zero attached hydrogens (tertiary/aromatic N) is 4. The standard InChI is InChI=1S/C32H39N5O6/c1-4-41-26-19-22(20-27(42-5-2)31(26)37-15-6-7-16-37)21-36-17-13-23(14-18-36)33-32-35-30-24(9-8-10-25(30)43-32)34-28(40-3)11-12-29(38)39/h6-10,15-16,19-20,23H,4-5,11-14,17-18,21H2,1-3H3,(H,33,35)(H,38,39).